The predicted octanol–water partition coefficient (Wildman–Crippen LogP) is 2.72. The van der Waals surface area contributed by atoms with Gasteiger partial charge in [-0.1, -0.05) is 30.3 Å². The highest BCUT2D eigenvalue weighted by molar-refractivity contribution is 5.41. The average molecular weight is 232 g/mol. The first-order valence-electron chi connectivity index (χ1n) is 5.00. The summed E-state index contributed by atoms with van der Waals surface area (Å²) >= 11 is 0. The molecule has 0 amide bonds. The SMILES string of the molecule is O=[N+]([O-])c1ccnc(F)c1Cc1ccccc1. The third kappa shape index (κ3) is 2.44. The predicted molar refractivity (Wildman–Crippen MR) is 60.1 cm³/mol. The summed E-state index contributed by atoms with van der Waals surface area (Å²) in [5, 5.41) is 10.8. The minimum atomic E-state index is -0.789. The van der Waals surface area contributed by atoms with E-state index in [1.165, 1.54) is 6.07 Å². The summed E-state index contributed by atoms with van der Waals surface area (Å²) in [6.45, 7) is 0. The molecule has 1 heterocycles. The Kier molecular flexibility index (Phi) is 3.09. The molecule has 0 fully saturated rings. The maximum atomic E-state index is 13.5. The quantitative estimate of drug-likeness (QED) is 0.464. The summed E-state index contributed by atoms with van der Waals surface area (Å²) < 4.78 is 13.5. The number of pyridine rings is 1. The van der Waals surface area contributed by atoms with Crippen LogP contribution in [0.4, 0.5) is 10.1 Å². The largest absolute Gasteiger partial charge is 0.279 e. The van der Waals surface area contributed by atoms with E-state index in [0.29, 0.717) is 0 Å². The van der Waals surface area contributed by atoms with Crippen molar-refractivity contribution in [1.29, 1.82) is 0 Å². The van der Waals surface area contributed by atoms with E-state index in [2.05, 4.69) is 4.98 Å². The van der Waals surface area contributed by atoms with E-state index in [-0.39, 0.29) is 17.7 Å². The highest BCUT2D eigenvalue weighted by Crippen LogP contribution is 2.22. The molecule has 0 radical (unpaired) electrons. The zero-order chi connectivity index (χ0) is 12.3. The van der Waals surface area contributed by atoms with Gasteiger partial charge in [-0.3, -0.25) is 10.1 Å². The van der Waals surface area contributed by atoms with Crippen molar-refractivity contribution in [2.45, 2.75) is 6.42 Å². The molecule has 2 rings (SSSR count). The minimum Gasteiger partial charge on any atom is -0.258 e. The fourth-order valence-corrected chi connectivity index (χ4v) is 1.59. The van der Waals surface area contributed by atoms with Crippen molar-refractivity contribution in [3.8, 4) is 0 Å². The molecule has 0 saturated heterocycles. The van der Waals surface area contributed by atoms with Gasteiger partial charge in [0.25, 0.3) is 5.69 Å². The van der Waals surface area contributed by atoms with Gasteiger partial charge in [-0.2, -0.15) is 4.39 Å². The Morgan fingerprint density at radius 1 is 1.24 bits per heavy atom. The Hall–Kier alpha value is -2.30. The van der Waals surface area contributed by atoms with Crippen molar-refractivity contribution in [1.82, 2.24) is 4.98 Å². The molecule has 2 aromatic rings. The molecule has 0 atom stereocenters. The fraction of sp³-hybridized carbons (Fsp3) is 0.0833. The number of nitro groups is 1. The first-order chi connectivity index (χ1) is 8.18. The van der Waals surface area contributed by atoms with Crippen molar-refractivity contribution in [3.05, 3.63) is 69.8 Å². The minimum absolute atomic E-state index is 0.0173. The van der Waals surface area contributed by atoms with Gasteiger partial charge in [-0.25, -0.2) is 4.98 Å². The lowest BCUT2D eigenvalue weighted by atomic mass is 10.1. The van der Waals surface area contributed by atoms with Crippen LogP contribution in [0, 0.1) is 16.1 Å². The number of hydrogen-bond acceptors (Lipinski definition) is 3. The lowest BCUT2D eigenvalue weighted by molar-refractivity contribution is -0.385. The van der Waals surface area contributed by atoms with E-state index in [9.17, 15) is 14.5 Å². The number of rotatable bonds is 3. The normalized spacial score (nSPS) is 10.2. The van der Waals surface area contributed by atoms with Crippen LogP contribution in [0.3, 0.4) is 0 Å². The van der Waals surface area contributed by atoms with E-state index in [0.717, 1.165) is 11.8 Å². The van der Waals surface area contributed by atoms with Crippen LogP contribution in [0.1, 0.15) is 11.1 Å². The molecule has 1 aromatic carbocycles. The van der Waals surface area contributed by atoms with E-state index in [4.69, 9.17) is 0 Å². The van der Waals surface area contributed by atoms with Crippen molar-refractivity contribution in [3.63, 3.8) is 0 Å². The molecule has 17 heavy (non-hydrogen) atoms. The van der Waals surface area contributed by atoms with Crippen LogP contribution in [-0.4, -0.2) is 9.91 Å². The lowest BCUT2D eigenvalue weighted by Crippen LogP contribution is -2.01. The van der Waals surface area contributed by atoms with Gasteiger partial charge >= 0.3 is 0 Å². The molecule has 1 aromatic heterocycles. The van der Waals surface area contributed by atoms with Crippen molar-refractivity contribution < 1.29 is 9.31 Å². The maximum absolute atomic E-state index is 13.5. The van der Waals surface area contributed by atoms with Gasteiger partial charge in [-0.15, -0.1) is 0 Å². The lowest BCUT2D eigenvalue weighted by Gasteiger charge is -2.03. The van der Waals surface area contributed by atoms with E-state index < -0.39 is 10.9 Å². The Bertz CT molecular complexity index is 543. The second-order valence-corrected chi connectivity index (χ2v) is 3.52. The van der Waals surface area contributed by atoms with Crippen LogP contribution in [0.15, 0.2) is 42.6 Å². The number of nitrogens with zero attached hydrogens (tertiary/aromatic N) is 2. The van der Waals surface area contributed by atoms with Crippen LogP contribution < -0.4 is 0 Å². The standard InChI is InChI=1S/C12H9FN2O2/c13-12-10(8-9-4-2-1-3-5-9)11(15(16)17)6-7-14-12/h1-7H,8H2. The Morgan fingerprint density at radius 2 is 1.94 bits per heavy atom. The van der Waals surface area contributed by atoms with E-state index in [1.807, 2.05) is 6.07 Å². The highest BCUT2D eigenvalue weighted by Gasteiger charge is 2.18. The van der Waals surface area contributed by atoms with Crippen molar-refractivity contribution >= 4 is 5.69 Å². The monoisotopic (exact) mass is 232 g/mol. The van der Waals surface area contributed by atoms with Crippen LogP contribution >= 0.6 is 0 Å². The molecule has 0 bridgehead atoms. The third-order valence-corrected chi connectivity index (χ3v) is 2.40. The van der Waals surface area contributed by atoms with Crippen molar-refractivity contribution in [2.75, 3.05) is 0 Å². The number of hydrogen-bond donors (Lipinski definition) is 0. The van der Waals surface area contributed by atoms with Gasteiger partial charge in [0.15, 0.2) is 0 Å². The third-order valence-electron chi connectivity index (χ3n) is 2.40. The molecule has 0 N–H and O–H groups in total. The summed E-state index contributed by atoms with van der Waals surface area (Å²) in [5.41, 5.74) is 0.590. The van der Waals surface area contributed by atoms with Gasteiger partial charge in [-0.05, 0) is 5.56 Å². The van der Waals surface area contributed by atoms with Crippen LogP contribution in [0.25, 0.3) is 0 Å². The fourth-order valence-electron chi connectivity index (χ4n) is 1.59. The van der Waals surface area contributed by atoms with E-state index in [1.54, 1.807) is 24.3 Å². The Balaban J connectivity index is 2.41. The van der Waals surface area contributed by atoms with Gasteiger partial charge < -0.3 is 0 Å². The first kappa shape index (κ1) is 11.2. The molecule has 0 aliphatic heterocycles. The topological polar surface area (TPSA) is 56.0 Å². The number of benzene rings is 1. The molecule has 5 heteroatoms. The molecule has 0 saturated carbocycles. The Labute approximate surface area is 96.9 Å². The van der Waals surface area contributed by atoms with Crippen LogP contribution in [0.5, 0.6) is 0 Å². The van der Waals surface area contributed by atoms with Gasteiger partial charge in [0.2, 0.25) is 5.95 Å². The summed E-state index contributed by atoms with van der Waals surface area (Å²) in [6.07, 6.45) is 1.26. The molecular formula is C12H9FN2O2. The molecule has 0 spiro atoms. The smallest absolute Gasteiger partial charge is 0.258 e. The molecule has 0 aliphatic carbocycles. The number of halogens is 1. The highest BCUT2D eigenvalue weighted by atomic mass is 19.1. The second kappa shape index (κ2) is 4.69. The average Bonchev–Trinajstić information content (AvgIpc) is 2.33. The van der Waals surface area contributed by atoms with Crippen LogP contribution in [-0.2, 0) is 6.42 Å². The molecule has 4 nitrogen and oxygen atoms in total. The Morgan fingerprint density at radius 3 is 2.59 bits per heavy atom. The number of aromatic nitrogens is 1. The van der Waals surface area contributed by atoms with Crippen LogP contribution in [0.2, 0.25) is 0 Å². The molecule has 0 aliphatic rings. The molecule has 0 unspecified atom stereocenters. The summed E-state index contributed by atoms with van der Waals surface area (Å²) in [6, 6.07) is 10.2. The second-order valence-electron chi connectivity index (χ2n) is 3.52. The summed E-state index contributed by atoms with van der Waals surface area (Å²) in [5.74, 6) is -0.789. The van der Waals surface area contributed by atoms with Gasteiger partial charge in [0.1, 0.15) is 0 Å². The first-order valence-corrected chi connectivity index (χ1v) is 5.00. The maximum Gasteiger partial charge on any atom is 0.279 e. The van der Waals surface area contributed by atoms with Gasteiger partial charge in [0.05, 0.1) is 10.5 Å². The zero-order valence-electron chi connectivity index (χ0n) is 8.84. The van der Waals surface area contributed by atoms with Crippen molar-refractivity contribution in [2.24, 2.45) is 0 Å². The summed E-state index contributed by atoms with van der Waals surface area (Å²) in [4.78, 5) is 13.6. The molecular weight excluding hydrogens is 223 g/mol. The van der Waals surface area contributed by atoms with E-state index >= 15 is 0 Å². The molecule has 86 valence electrons. The van der Waals surface area contributed by atoms with Gasteiger partial charge in [0, 0.05) is 18.7 Å². The summed E-state index contributed by atoms with van der Waals surface area (Å²) in [7, 11) is 0. The zero-order valence-corrected chi connectivity index (χ0v) is 8.84.